The van der Waals surface area contributed by atoms with Crippen LogP contribution in [0.3, 0.4) is 0 Å². The first kappa shape index (κ1) is 20.5. The number of fused-ring (bicyclic) bond motifs is 1. The third-order valence-electron chi connectivity index (χ3n) is 4.65. The molecule has 0 aliphatic carbocycles. The minimum Gasteiger partial charge on any atom is -0.462 e. The quantitative estimate of drug-likeness (QED) is 0.465. The van der Waals surface area contributed by atoms with Gasteiger partial charge in [-0.15, -0.1) is 11.3 Å². The van der Waals surface area contributed by atoms with Crippen LogP contribution in [0.2, 0.25) is 0 Å². The van der Waals surface area contributed by atoms with E-state index in [2.05, 4.69) is 10.3 Å². The lowest BCUT2D eigenvalue weighted by molar-refractivity contribution is -0.116. The second-order valence-corrected chi connectivity index (χ2v) is 7.56. The molecule has 0 saturated heterocycles. The number of ether oxygens (including phenoxy) is 1. The summed E-state index contributed by atoms with van der Waals surface area (Å²) >= 11 is 1.24. The van der Waals surface area contributed by atoms with Crippen molar-refractivity contribution in [3.63, 3.8) is 0 Å². The van der Waals surface area contributed by atoms with E-state index >= 15 is 0 Å². The summed E-state index contributed by atoms with van der Waals surface area (Å²) in [7, 11) is 0. The number of carbonyl (C=O) groups is 2. The minimum absolute atomic E-state index is 0.217. The average molecular weight is 433 g/mol. The van der Waals surface area contributed by atoms with E-state index in [1.165, 1.54) is 22.2 Å². The Morgan fingerprint density at radius 1 is 1.10 bits per heavy atom. The molecule has 156 valence electrons. The molecule has 0 atom stereocenters. The fourth-order valence-electron chi connectivity index (χ4n) is 3.23. The van der Waals surface area contributed by atoms with Gasteiger partial charge in [0.25, 0.3) is 5.56 Å². The monoisotopic (exact) mass is 433 g/mol. The number of aromatic nitrogens is 2. The molecule has 1 amide bonds. The van der Waals surface area contributed by atoms with E-state index < -0.39 is 11.9 Å². The molecule has 1 N–H and O–H groups in total. The van der Waals surface area contributed by atoms with Crippen molar-refractivity contribution in [2.45, 2.75) is 13.5 Å². The van der Waals surface area contributed by atoms with Crippen LogP contribution in [0.15, 0.2) is 71.1 Å². The number of amides is 1. The average Bonchev–Trinajstić information content (AvgIpc) is 3.20. The maximum absolute atomic E-state index is 12.7. The Hall–Kier alpha value is -3.78. The molecule has 0 aliphatic rings. The van der Waals surface area contributed by atoms with Crippen molar-refractivity contribution < 1.29 is 14.3 Å². The first-order valence-corrected chi connectivity index (χ1v) is 10.5. The molecule has 2 heterocycles. The van der Waals surface area contributed by atoms with Crippen LogP contribution in [-0.2, 0) is 16.1 Å². The maximum Gasteiger partial charge on any atom is 0.341 e. The fraction of sp³-hybridized carbons (Fsp3) is 0.130. The molecule has 4 aromatic rings. The van der Waals surface area contributed by atoms with E-state index in [4.69, 9.17) is 4.74 Å². The van der Waals surface area contributed by atoms with Crippen molar-refractivity contribution in [3.05, 3.63) is 82.2 Å². The number of esters is 1. The van der Waals surface area contributed by atoms with E-state index in [0.717, 1.165) is 5.56 Å². The van der Waals surface area contributed by atoms with Gasteiger partial charge in [-0.3, -0.25) is 14.2 Å². The van der Waals surface area contributed by atoms with E-state index in [1.54, 1.807) is 36.6 Å². The van der Waals surface area contributed by atoms with Crippen LogP contribution in [0.1, 0.15) is 17.3 Å². The number of anilines is 1. The van der Waals surface area contributed by atoms with Gasteiger partial charge < -0.3 is 10.1 Å². The lowest BCUT2D eigenvalue weighted by Crippen LogP contribution is -2.28. The van der Waals surface area contributed by atoms with Crippen molar-refractivity contribution >= 4 is 39.1 Å². The Morgan fingerprint density at radius 2 is 1.84 bits per heavy atom. The molecule has 0 unspecified atom stereocenters. The number of nitrogens with zero attached hydrogens (tertiary/aromatic N) is 2. The predicted octanol–water partition coefficient (Wildman–Crippen LogP) is 3.94. The molecule has 0 saturated carbocycles. The van der Waals surface area contributed by atoms with Crippen molar-refractivity contribution in [2.24, 2.45) is 0 Å². The van der Waals surface area contributed by atoms with E-state index in [9.17, 15) is 14.4 Å². The number of thiophene rings is 1. The smallest absolute Gasteiger partial charge is 0.341 e. The Labute approximate surface area is 181 Å². The molecular formula is C23H19N3O4S. The molecule has 4 rings (SSSR count). The number of hydrogen-bond acceptors (Lipinski definition) is 6. The summed E-state index contributed by atoms with van der Waals surface area (Å²) < 4.78 is 6.45. The molecular weight excluding hydrogens is 414 g/mol. The van der Waals surface area contributed by atoms with Crippen LogP contribution in [0.5, 0.6) is 0 Å². The molecule has 0 fully saturated rings. The largest absolute Gasteiger partial charge is 0.462 e. The summed E-state index contributed by atoms with van der Waals surface area (Å²) in [4.78, 5) is 42.2. The maximum atomic E-state index is 12.7. The van der Waals surface area contributed by atoms with Gasteiger partial charge in [-0.05, 0) is 24.6 Å². The van der Waals surface area contributed by atoms with Crippen LogP contribution < -0.4 is 10.9 Å². The SMILES string of the molecule is CCOC(=O)c1c(-c2ccccc2)csc1NC(=O)Cn1cnc2ccccc2c1=O. The van der Waals surface area contributed by atoms with Gasteiger partial charge in [-0.25, -0.2) is 9.78 Å². The fourth-order valence-corrected chi connectivity index (χ4v) is 4.20. The van der Waals surface area contributed by atoms with Gasteiger partial charge in [0.15, 0.2) is 0 Å². The first-order valence-electron chi connectivity index (χ1n) is 9.66. The van der Waals surface area contributed by atoms with Crippen molar-refractivity contribution in [2.75, 3.05) is 11.9 Å². The number of nitrogens with one attached hydrogen (secondary N) is 1. The highest BCUT2D eigenvalue weighted by atomic mass is 32.1. The van der Waals surface area contributed by atoms with Crippen LogP contribution in [0, 0.1) is 0 Å². The Bertz CT molecular complexity index is 1310. The minimum atomic E-state index is -0.512. The molecule has 2 aromatic carbocycles. The Kier molecular flexibility index (Phi) is 5.90. The predicted molar refractivity (Wildman–Crippen MR) is 120 cm³/mol. The van der Waals surface area contributed by atoms with Gasteiger partial charge in [0.1, 0.15) is 17.1 Å². The summed E-state index contributed by atoms with van der Waals surface area (Å²) in [5.41, 5.74) is 2.10. The van der Waals surface area contributed by atoms with Gasteiger partial charge in [0.2, 0.25) is 5.91 Å². The molecule has 0 radical (unpaired) electrons. The topological polar surface area (TPSA) is 90.3 Å². The Balaban J connectivity index is 1.62. The summed E-state index contributed by atoms with van der Waals surface area (Å²) in [6.45, 7) is 1.72. The molecule has 31 heavy (non-hydrogen) atoms. The van der Waals surface area contributed by atoms with Gasteiger partial charge in [-0.1, -0.05) is 42.5 Å². The number of rotatable bonds is 6. The van der Waals surface area contributed by atoms with Crippen molar-refractivity contribution in [1.29, 1.82) is 0 Å². The molecule has 0 aliphatic heterocycles. The van der Waals surface area contributed by atoms with Crippen molar-refractivity contribution in [3.8, 4) is 11.1 Å². The molecule has 8 heteroatoms. The van der Waals surface area contributed by atoms with E-state index in [0.29, 0.717) is 27.0 Å². The summed E-state index contributed by atoms with van der Waals surface area (Å²) in [6, 6.07) is 16.4. The zero-order valence-corrected chi connectivity index (χ0v) is 17.5. The summed E-state index contributed by atoms with van der Waals surface area (Å²) in [6.07, 6.45) is 1.35. The van der Waals surface area contributed by atoms with Crippen LogP contribution in [-0.4, -0.2) is 28.0 Å². The summed E-state index contributed by atoms with van der Waals surface area (Å²) in [5, 5.41) is 5.38. The normalized spacial score (nSPS) is 10.7. The number of para-hydroxylation sites is 1. The standard InChI is InChI=1S/C23H19N3O4S/c1-2-30-23(29)20-17(15-8-4-3-5-9-15)13-31-21(20)25-19(27)12-26-14-24-18-11-7-6-10-16(18)22(26)28/h3-11,13-14H,2,12H2,1H3,(H,25,27). The van der Waals surface area contributed by atoms with Crippen LogP contribution in [0.4, 0.5) is 5.00 Å². The zero-order chi connectivity index (χ0) is 21.8. The number of hydrogen-bond donors (Lipinski definition) is 1. The summed E-state index contributed by atoms with van der Waals surface area (Å²) in [5.74, 6) is -0.950. The van der Waals surface area contributed by atoms with Crippen LogP contribution >= 0.6 is 11.3 Å². The van der Waals surface area contributed by atoms with Gasteiger partial charge >= 0.3 is 5.97 Å². The molecule has 0 spiro atoms. The highest BCUT2D eigenvalue weighted by Gasteiger charge is 2.23. The van der Waals surface area contributed by atoms with E-state index in [-0.39, 0.29) is 18.7 Å². The molecule has 7 nitrogen and oxygen atoms in total. The zero-order valence-electron chi connectivity index (χ0n) is 16.7. The highest BCUT2D eigenvalue weighted by Crippen LogP contribution is 2.36. The number of carbonyl (C=O) groups excluding carboxylic acids is 2. The third-order valence-corrected chi connectivity index (χ3v) is 5.55. The number of benzene rings is 2. The Morgan fingerprint density at radius 3 is 2.61 bits per heavy atom. The highest BCUT2D eigenvalue weighted by molar-refractivity contribution is 7.15. The third kappa shape index (κ3) is 4.24. The van der Waals surface area contributed by atoms with Gasteiger partial charge in [0, 0.05) is 10.9 Å². The molecule has 0 bridgehead atoms. The van der Waals surface area contributed by atoms with Crippen molar-refractivity contribution in [1.82, 2.24) is 9.55 Å². The lowest BCUT2D eigenvalue weighted by atomic mass is 10.0. The molecule has 2 aromatic heterocycles. The van der Waals surface area contributed by atoms with Gasteiger partial charge in [0.05, 0.1) is 23.8 Å². The van der Waals surface area contributed by atoms with Gasteiger partial charge in [-0.2, -0.15) is 0 Å². The van der Waals surface area contributed by atoms with E-state index in [1.807, 2.05) is 30.3 Å². The first-order chi connectivity index (χ1) is 15.1. The second-order valence-electron chi connectivity index (χ2n) is 6.68. The second kappa shape index (κ2) is 8.93. The lowest BCUT2D eigenvalue weighted by Gasteiger charge is -2.10. The van der Waals surface area contributed by atoms with Crippen LogP contribution in [0.25, 0.3) is 22.0 Å².